The van der Waals surface area contributed by atoms with Crippen molar-refractivity contribution in [1.82, 2.24) is 10.2 Å². The van der Waals surface area contributed by atoms with Crippen LogP contribution in [0.4, 0.5) is 5.69 Å². The van der Waals surface area contributed by atoms with Crippen molar-refractivity contribution < 1.29 is 24.2 Å². The lowest BCUT2D eigenvalue weighted by atomic mass is 9.76. The first-order chi connectivity index (χ1) is 15.3. The average Bonchev–Trinajstić information content (AvgIpc) is 3.36. The van der Waals surface area contributed by atoms with Gasteiger partial charge in [-0.25, -0.2) is 0 Å². The fourth-order valence-corrected chi connectivity index (χ4v) is 5.54. The summed E-state index contributed by atoms with van der Waals surface area (Å²) < 4.78 is 5.38. The third kappa shape index (κ3) is 2.59. The number of amides is 3. The number of hydrogen-bond acceptors (Lipinski definition) is 6. The first-order valence-electron chi connectivity index (χ1n) is 10.7. The lowest BCUT2D eigenvalue weighted by Crippen LogP contribution is -2.54. The molecule has 3 N–H and O–H groups in total. The maximum atomic E-state index is 13.7. The highest BCUT2D eigenvalue weighted by molar-refractivity contribution is 6.15. The minimum atomic E-state index is -1.41. The topological polar surface area (TPSA) is 108 Å². The van der Waals surface area contributed by atoms with Crippen LogP contribution in [0.25, 0.3) is 0 Å². The number of para-hydroxylation sites is 2. The van der Waals surface area contributed by atoms with E-state index in [2.05, 4.69) is 10.6 Å². The van der Waals surface area contributed by atoms with E-state index >= 15 is 0 Å². The molecular formula is C24H25N3O5. The van der Waals surface area contributed by atoms with Gasteiger partial charge in [-0.1, -0.05) is 36.4 Å². The molecule has 3 heterocycles. The number of carbonyl (C=O) groups excluding carboxylic acids is 3. The van der Waals surface area contributed by atoms with Crippen LogP contribution >= 0.6 is 0 Å². The van der Waals surface area contributed by atoms with Crippen LogP contribution in [0.2, 0.25) is 0 Å². The summed E-state index contributed by atoms with van der Waals surface area (Å²) in [5.74, 6) is -2.42. The maximum absolute atomic E-state index is 13.7. The van der Waals surface area contributed by atoms with Crippen molar-refractivity contribution in [2.24, 2.45) is 11.8 Å². The van der Waals surface area contributed by atoms with E-state index in [9.17, 15) is 19.5 Å². The number of aliphatic hydroxyl groups is 1. The monoisotopic (exact) mass is 435 g/mol. The van der Waals surface area contributed by atoms with Gasteiger partial charge in [-0.05, 0) is 25.5 Å². The number of rotatable bonds is 4. The molecule has 0 aliphatic carbocycles. The van der Waals surface area contributed by atoms with Crippen LogP contribution in [0.3, 0.4) is 0 Å². The van der Waals surface area contributed by atoms with Crippen LogP contribution in [0.1, 0.15) is 23.6 Å². The van der Waals surface area contributed by atoms with Crippen molar-refractivity contribution in [2.45, 2.75) is 38.1 Å². The van der Waals surface area contributed by atoms with Gasteiger partial charge >= 0.3 is 0 Å². The Hall–Kier alpha value is -3.23. The van der Waals surface area contributed by atoms with Crippen molar-refractivity contribution in [3.8, 4) is 5.75 Å². The van der Waals surface area contributed by atoms with Crippen LogP contribution in [0.15, 0.2) is 42.5 Å². The molecule has 32 heavy (non-hydrogen) atoms. The number of likely N-dealkylation sites (tertiary alicyclic amines) is 1. The molecule has 3 aliphatic heterocycles. The molecule has 0 unspecified atom stereocenters. The van der Waals surface area contributed by atoms with Crippen LogP contribution < -0.4 is 15.4 Å². The molecule has 5 atom stereocenters. The molecule has 166 valence electrons. The van der Waals surface area contributed by atoms with Gasteiger partial charge in [0.15, 0.2) is 0 Å². The smallest absolute Gasteiger partial charge is 0.250 e. The summed E-state index contributed by atoms with van der Waals surface area (Å²) in [6.07, 6.45) is -0.938. The van der Waals surface area contributed by atoms with Crippen molar-refractivity contribution in [3.05, 3.63) is 59.2 Å². The summed E-state index contributed by atoms with van der Waals surface area (Å²) in [4.78, 5) is 41.8. The van der Waals surface area contributed by atoms with Gasteiger partial charge in [0.05, 0.1) is 31.6 Å². The summed E-state index contributed by atoms with van der Waals surface area (Å²) >= 11 is 0. The molecular weight excluding hydrogens is 410 g/mol. The lowest BCUT2D eigenvalue weighted by molar-refractivity contribution is -0.143. The van der Waals surface area contributed by atoms with Gasteiger partial charge in [0.25, 0.3) is 0 Å². The number of aliphatic hydroxyl groups excluding tert-OH is 1. The normalized spacial score (nSPS) is 29.3. The number of fused-ring (bicyclic) bond motifs is 4. The number of methoxy groups -OCH3 is 1. The number of carbonyl (C=O) groups is 3. The number of hydrogen-bond donors (Lipinski definition) is 3. The first-order valence-corrected chi connectivity index (χ1v) is 10.7. The van der Waals surface area contributed by atoms with Gasteiger partial charge in [0, 0.05) is 22.9 Å². The predicted octanol–water partition coefficient (Wildman–Crippen LogP) is 1.31. The van der Waals surface area contributed by atoms with Crippen LogP contribution in [0.5, 0.6) is 5.75 Å². The SMILES string of the molecule is COc1ccccc1CN1C(=O)[C@@H]2[C@@H]([C@@H](C)O)N[C@]3(C(=O)Nc4c(C)cccc43)[C@@H]2C1=O. The lowest BCUT2D eigenvalue weighted by Gasteiger charge is -2.30. The van der Waals surface area contributed by atoms with Crippen molar-refractivity contribution >= 4 is 23.4 Å². The highest BCUT2D eigenvalue weighted by atomic mass is 16.5. The van der Waals surface area contributed by atoms with E-state index in [0.29, 0.717) is 22.6 Å². The third-order valence-electron chi connectivity index (χ3n) is 7.03. The molecule has 0 radical (unpaired) electrons. The van der Waals surface area contributed by atoms with Crippen LogP contribution in [-0.4, -0.2) is 47.0 Å². The second-order valence-corrected chi connectivity index (χ2v) is 8.75. The average molecular weight is 435 g/mol. The number of imide groups is 1. The number of ether oxygens (including phenoxy) is 1. The van der Waals surface area contributed by atoms with Gasteiger partial charge in [-0.3, -0.25) is 24.6 Å². The molecule has 8 nitrogen and oxygen atoms in total. The summed E-state index contributed by atoms with van der Waals surface area (Å²) in [6.45, 7) is 3.49. The summed E-state index contributed by atoms with van der Waals surface area (Å²) in [7, 11) is 1.53. The van der Waals surface area contributed by atoms with E-state index in [4.69, 9.17) is 4.74 Å². The number of aryl methyl sites for hydroxylation is 1. The Morgan fingerprint density at radius 3 is 2.59 bits per heavy atom. The fraction of sp³-hybridized carbons (Fsp3) is 0.375. The van der Waals surface area contributed by atoms with Crippen molar-refractivity contribution in [1.29, 1.82) is 0 Å². The van der Waals surface area contributed by atoms with Gasteiger partial charge in [0.2, 0.25) is 17.7 Å². The molecule has 3 aliphatic rings. The van der Waals surface area contributed by atoms with E-state index in [1.807, 2.05) is 31.2 Å². The van der Waals surface area contributed by atoms with E-state index < -0.39 is 41.3 Å². The molecule has 0 aromatic heterocycles. The molecule has 3 amide bonds. The van der Waals surface area contributed by atoms with Gasteiger partial charge in [0.1, 0.15) is 11.3 Å². The summed E-state index contributed by atoms with van der Waals surface area (Å²) in [6, 6.07) is 12.0. The zero-order valence-electron chi connectivity index (χ0n) is 18.1. The van der Waals surface area contributed by atoms with Crippen molar-refractivity contribution in [2.75, 3.05) is 12.4 Å². The van der Waals surface area contributed by atoms with E-state index in [-0.39, 0.29) is 12.5 Å². The minimum absolute atomic E-state index is 0.0413. The second-order valence-electron chi connectivity index (χ2n) is 8.75. The number of benzene rings is 2. The van der Waals surface area contributed by atoms with E-state index in [1.165, 1.54) is 12.0 Å². The highest BCUT2D eigenvalue weighted by Crippen LogP contribution is 2.54. The standard InChI is InChI=1S/C24H25N3O5/c1-12-7-6-9-15-19(12)25-23(31)24(15)18-17(20(26-24)13(2)28)21(29)27(22(18)30)11-14-8-4-5-10-16(14)32-3/h4-10,13,17-18,20,26,28H,11H2,1-3H3,(H,25,31)/t13-,17+,18+,20-,24+/m1/s1. The quantitative estimate of drug-likeness (QED) is 0.625. The molecule has 2 fully saturated rings. The number of nitrogens with zero attached hydrogens (tertiary/aromatic N) is 1. The molecule has 2 aromatic carbocycles. The molecule has 2 aromatic rings. The van der Waals surface area contributed by atoms with Gasteiger partial charge < -0.3 is 15.2 Å². The summed E-state index contributed by atoms with van der Waals surface area (Å²) in [5, 5.41) is 16.6. The predicted molar refractivity (Wildman–Crippen MR) is 116 cm³/mol. The molecule has 0 bridgehead atoms. The number of anilines is 1. The molecule has 5 rings (SSSR count). The van der Waals surface area contributed by atoms with Gasteiger partial charge in [-0.2, -0.15) is 0 Å². The number of nitrogens with one attached hydrogen (secondary N) is 2. The largest absolute Gasteiger partial charge is 0.496 e. The Morgan fingerprint density at radius 1 is 1.12 bits per heavy atom. The zero-order valence-corrected chi connectivity index (χ0v) is 18.1. The van der Waals surface area contributed by atoms with Crippen LogP contribution in [-0.2, 0) is 26.5 Å². The molecule has 8 heteroatoms. The van der Waals surface area contributed by atoms with Gasteiger partial charge in [-0.15, -0.1) is 0 Å². The highest BCUT2D eigenvalue weighted by Gasteiger charge is 2.71. The Labute approximate surface area is 185 Å². The summed E-state index contributed by atoms with van der Waals surface area (Å²) in [5.41, 5.74) is 1.45. The van der Waals surface area contributed by atoms with E-state index in [1.54, 1.807) is 25.1 Å². The maximum Gasteiger partial charge on any atom is 0.250 e. The zero-order chi connectivity index (χ0) is 22.8. The third-order valence-corrected chi connectivity index (χ3v) is 7.03. The molecule has 0 saturated carbocycles. The second kappa shape index (κ2) is 7.15. The first kappa shape index (κ1) is 20.7. The fourth-order valence-electron chi connectivity index (χ4n) is 5.54. The molecule has 1 spiro atoms. The minimum Gasteiger partial charge on any atom is -0.496 e. The van der Waals surface area contributed by atoms with E-state index in [0.717, 1.165) is 5.56 Å². The Morgan fingerprint density at radius 2 is 1.88 bits per heavy atom. The Bertz CT molecular complexity index is 1150. The van der Waals surface area contributed by atoms with Crippen LogP contribution in [0, 0.1) is 18.8 Å². The van der Waals surface area contributed by atoms with Crippen molar-refractivity contribution in [3.63, 3.8) is 0 Å². The molecule has 2 saturated heterocycles. The Kier molecular flexibility index (Phi) is 4.61. The Balaban J connectivity index is 1.62.